The second-order valence-corrected chi connectivity index (χ2v) is 12.6. The van der Waals surface area contributed by atoms with Crippen LogP contribution in [0.5, 0.6) is 11.5 Å². The van der Waals surface area contributed by atoms with Gasteiger partial charge in [-0.2, -0.15) is 0 Å². The third-order valence-corrected chi connectivity index (χ3v) is 9.03. The summed E-state index contributed by atoms with van der Waals surface area (Å²) in [5, 5.41) is 20.1. The summed E-state index contributed by atoms with van der Waals surface area (Å²) in [4.78, 5) is 28.5. The minimum absolute atomic E-state index is 0.0622. The Morgan fingerprint density at radius 1 is 1.02 bits per heavy atom. The molecule has 3 aromatic carbocycles. The van der Waals surface area contributed by atoms with E-state index in [2.05, 4.69) is 24.0 Å². The lowest BCUT2D eigenvalue weighted by molar-refractivity contribution is -0.132. The fourth-order valence-corrected chi connectivity index (χ4v) is 6.49. The van der Waals surface area contributed by atoms with Crippen molar-refractivity contribution in [2.45, 2.75) is 43.3 Å². The first-order chi connectivity index (χ1) is 21.3. The van der Waals surface area contributed by atoms with E-state index in [1.54, 1.807) is 60.7 Å². The molecule has 1 aliphatic rings. The van der Waals surface area contributed by atoms with Crippen molar-refractivity contribution in [3.63, 3.8) is 0 Å². The summed E-state index contributed by atoms with van der Waals surface area (Å²) in [6, 6.07) is 19.1. The summed E-state index contributed by atoms with van der Waals surface area (Å²) in [5.74, 6) is -0.267. The van der Waals surface area contributed by atoms with Crippen molar-refractivity contribution in [3.8, 4) is 11.5 Å². The average Bonchev–Trinajstić information content (AvgIpc) is 3.59. The van der Waals surface area contributed by atoms with Gasteiger partial charge in [-0.1, -0.05) is 85.5 Å². The van der Waals surface area contributed by atoms with Gasteiger partial charge < -0.3 is 14.6 Å². The highest BCUT2D eigenvalue weighted by Crippen LogP contribution is 2.45. The second-order valence-electron chi connectivity index (χ2n) is 10.5. The molecule has 1 N–H and O–H groups in total. The van der Waals surface area contributed by atoms with E-state index in [4.69, 9.17) is 9.47 Å². The molecule has 1 amide bonds. The maximum atomic E-state index is 13.6. The zero-order valence-corrected chi connectivity index (χ0v) is 26.2. The van der Waals surface area contributed by atoms with Crippen LogP contribution >= 0.6 is 23.1 Å². The van der Waals surface area contributed by atoms with Crippen molar-refractivity contribution in [3.05, 3.63) is 101 Å². The second kappa shape index (κ2) is 14.0. The predicted octanol–water partition coefficient (Wildman–Crippen LogP) is 7.42. The molecule has 2 heterocycles. The van der Waals surface area contributed by atoms with Gasteiger partial charge in [0, 0.05) is 11.3 Å². The average molecular weight is 634 g/mol. The molecule has 1 aliphatic heterocycles. The van der Waals surface area contributed by atoms with E-state index < -0.39 is 17.7 Å². The van der Waals surface area contributed by atoms with Crippen molar-refractivity contribution in [1.29, 1.82) is 0 Å². The molecule has 228 valence electrons. The van der Waals surface area contributed by atoms with Gasteiger partial charge >= 0.3 is 5.91 Å². The summed E-state index contributed by atoms with van der Waals surface area (Å²) in [6.07, 6.45) is 0.864. The smallest absolute Gasteiger partial charge is 0.301 e. The van der Waals surface area contributed by atoms with Crippen LogP contribution in [-0.2, 0) is 15.3 Å². The lowest BCUT2D eigenvalue weighted by Gasteiger charge is -2.23. The highest BCUT2D eigenvalue weighted by atomic mass is 32.2. The first-order valence-corrected chi connectivity index (χ1v) is 16.0. The minimum atomic E-state index is -0.998. The Hall–Kier alpha value is -4.22. The number of ether oxygens (including phenoxy) is 2. The van der Waals surface area contributed by atoms with E-state index in [0.717, 1.165) is 23.3 Å². The van der Waals surface area contributed by atoms with Crippen molar-refractivity contribution in [2.24, 2.45) is 5.92 Å². The van der Waals surface area contributed by atoms with Crippen LogP contribution in [0, 0.1) is 11.7 Å². The number of hydrogen-bond donors (Lipinski definition) is 1. The molecule has 0 bridgehead atoms. The van der Waals surface area contributed by atoms with Gasteiger partial charge in [-0.15, -0.1) is 10.2 Å². The number of halogens is 1. The number of aliphatic hydroxyl groups excluding tert-OH is 1. The SMILES string of the molecule is CCOc1cc(C2/C(=C(\O)c3ccccc3)C(=O)C(=O)N2c2nnc(SCc3ccc(F)cc3)s2)ccc1OCCC(C)C. The Morgan fingerprint density at radius 3 is 2.48 bits per heavy atom. The number of amides is 1. The number of hydrogen-bond acceptors (Lipinski definition) is 9. The van der Waals surface area contributed by atoms with E-state index in [9.17, 15) is 19.1 Å². The van der Waals surface area contributed by atoms with Gasteiger partial charge in [-0.25, -0.2) is 4.39 Å². The molecule has 1 fully saturated rings. The van der Waals surface area contributed by atoms with Gasteiger partial charge in [0.2, 0.25) is 5.13 Å². The van der Waals surface area contributed by atoms with Crippen LogP contribution < -0.4 is 14.4 Å². The van der Waals surface area contributed by atoms with E-state index in [-0.39, 0.29) is 22.3 Å². The third-order valence-electron chi connectivity index (χ3n) is 6.91. The van der Waals surface area contributed by atoms with Crippen molar-refractivity contribution in [1.82, 2.24) is 10.2 Å². The number of aromatic nitrogens is 2. The van der Waals surface area contributed by atoms with Crippen LogP contribution in [0.2, 0.25) is 0 Å². The topological polar surface area (TPSA) is 102 Å². The van der Waals surface area contributed by atoms with Crippen LogP contribution in [0.25, 0.3) is 5.76 Å². The summed E-state index contributed by atoms with van der Waals surface area (Å²) in [6.45, 7) is 6.97. The quantitative estimate of drug-likeness (QED) is 0.0566. The Kier molecular flexibility index (Phi) is 9.96. The zero-order valence-electron chi connectivity index (χ0n) is 24.5. The highest BCUT2D eigenvalue weighted by molar-refractivity contribution is 8.00. The largest absolute Gasteiger partial charge is 0.507 e. The van der Waals surface area contributed by atoms with Gasteiger partial charge in [0.15, 0.2) is 15.8 Å². The van der Waals surface area contributed by atoms with Gasteiger partial charge in [0.25, 0.3) is 5.78 Å². The molecule has 0 saturated carbocycles. The first kappa shape index (κ1) is 31.2. The monoisotopic (exact) mass is 633 g/mol. The van der Waals surface area contributed by atoms with Crippen LogP contribution in [0.3, 0.4) is 0 Å². The lowest BCUT2D eigenvalue weighted by atomic mass is 9.95. The van der Waals surface area contributed by atoms with Gasteiger partial charge in [0.1, 0.15) is 11.6 Å². The maximum absolute atomic E-state index is 13.6. The zero-order chi connectivity index (χ0) is 31.2. The summed E-state index contributed by atoms with van der Waals surface area (Å²) >= 11 is 2.54. The fraction of sp³-hybridized carbons (Fsp3) is 0.273. The van der Waals surface area contributed by atoms with E-state index >= 15 is 0 Å². The molecule has 0 aliphatic carbocycles. The molecule has 1 unspecified atom stereocenters. The number of aliphatic hydroxyl groups is 1. The van der Waals surface area contributed by atoms with Crippen molar-refractivity contribution in [2.75, 3.05) is 18.1 Å². The molecule has 4 aromatic rings. The molecular weight excluding hydrogens is 602 g/mol. The molecule has 5 rings (SSSR count). The maximum Gasteiger partial charge on any atom is 0.301 e. The standard InChI is InChI=1S/C33H32FN3O5S2/c1-4-41-26-18-23(12-15-25(26)42-17-16-20(2)3)28-27(29(38)22-8-6-5-7-9-22)30(39)31(40)37(28)32-35-36-33(44-32)43-19-21-10-13-24(34)14-11-21/h5-15,18,20,28,38H,4,16-17,19H2,1-3H3/b29-27+. The summed E-state index contributed by atoms with van der Waals surface area (Å²) in [7, 11) is 0. The Balaban J connectivity index is 1.54. The number of carbonyl (C=O) groups excluding carboxylic acids is 2. The first-order valence-electron chi connectivity index (χ1n) is 14.2. The molecular formula is C33H32FN3O5S2. The lowest BCUT2D eigenvalue weighted by Crippen LogP contribution is -2.29. The number of Topliss-reactive ketones (excluding diaryl/α,β-unsaturated/α-hetero) is 1. The van der Waals surface area contributed by atoms with Crippen LogP contribution in [0.4, 0.5) is 9.52 Å². The summed E-state index contributed by atoms with van der Waals surface area (Å²) < 4.78 is 25.8. The van der Waals surface area contributed by atoms with Gasteiger partial charge in [-0.05, 0) is 54.7 Å². The van der Waals surface area contributed by atoms with Crippen LogP contribution in [0.1, 0.15) is 49.9 Å². The van der Waals surface area contributed by atoms with E-state index in [1.165, 1.54) is 28.8 Å². The molecule has 44 heavy (non-hydrogen) atoms. The Labute approximate surface area is 263 Å². The molecule has 1 aromatic heterocycles. The molecule has 0 radical (unpaired) electrons. The number of rotatable bonds is 12. The number of ketones is 1. The van der Waals surface area contributed by atoms with Gasteiger partial charge in [0.05, 0.1) is 24.8 Å². The van der Waals surface area contributed by atoms with Gasteiger partial charge in [-0.3, -0.25) is 14.5 Å². The molecule has 1 atom stereocenters. The fourth-order valence-electron chi connectivity index (χ4n) is 4.67. The minimum Gasteiger partial charge on any atom is -0.507 e. The van der Waals surface area contributed by atoms with E-state index in [0.29, 0.717) is 51.9 Å². The Bertz CT molecular complexity index is 1660. The number of benzene rings is 3. The highest BCUT2D eigenvalue weighted by Gasteiger charge is 2.48. The van der Waals surface area contributed by atoms with Crippen molar-refractivity contribution >= 4 is 45.7 Å². The van der Waals surface area contributed by atoms with Crippen LogP contribution in [0.15, 0.2) is 82.7 Å². The van der Waals surface area contributed by atoms with Crippen molar-refractivity contribution < 1.29 is 28.6 Å². The number of nitrogens with zero attached hydrogens (tertiary/aromatic N) is 3. The normalized spacial score (nSPS) is 16.1. The Morgan fingerprint density at radius 2 is 1.77 bits per heavy atom. The number of thioether (sulfide) groups is 1. The number of anilines is 1. The molecule has 8 nitrogen and oxygen atoms in total. The van der Waals surface area contributed by atoms with Crippen LogP contribution in [-0.4, -0.2) is 40.2 Å². The van der Waals surface area contributed by atoms with E-state index in [1.807, 2.05) is 6.92 Å². The molecule has 0 spiro atoms. The summed E-state index contributed by atoms with van der Waals surface area (Å²) in [5.41, 5.74) is 1.78. The predicted molar refractivity (Wildman–Crippen MR) is 170 cm³/mol. The third kappa shape index (κ3) is 6.95. The molecule has 11 heteroatoms. The molecule has 1 saturated heterocycles. The number of carbonyl (C=O) groups is 2.